The summed E-state index contributed by atoms with van der Waals surface area (Å²) in [6, 6.07) is 5.66. The molecule has 0 spiro atoms. The van der Waals surface area contributed by atoms with Gasteiger partial charge in [0, 0.05) is 10.6 Å². The minimum Gasteiger partial charge on any atom is -0.462 e. The van der Waals surface area contributed by atoms with E-state index in [1.807, 2.05) is 39.0 Å². The van der Waals surface area contributed by atoms with Crippen LogP contribution in [0.5, 0.6) is 0 Å². The molecule has 0 aromatic heterocycles. The van der Waals surface area contributed by atoms with Gasteiger partial charge in [-0.3, -0.25) is 14.5 Å². The molecule has 2 heterocycles. The largest absolute Gasteiger partial charge is 0.462 e. The molecule has 5 heteroatoms. The minimum atomic E-state index is -0.318. The van der Waals surface area contributed by atoms with Crippen molar-refractivity contribution in [3.05, 3.63) is 28.8 Å². The second-order valence-electron chi connectivity index (χ2n) is 5.14. The normalized spacial score (nSPS) is 18.8. The monoisotopic (exact) mass is 267 g/mol. The zero-order valence-electron chi connectivity index (χ0n) is 10.4. The van der Waals surface area contributed by atoms with Gasteiger partial charge >= 0.3 is 0 Å². The summed E-state index contributed by atoms with van der Waals surface area (Å²) in [5, 5.41) is 0.696. The maximum atomic E-state index is 10.9. The van der Waals surface area contributed by atoms with E-state index in [1.165, 1.54) is 0 Å². The third kappa shape index (κ3) is 2.34. The number of carbonyl (C=O) groups excluding carboxylic acids is 2. The van der Waals surface area contributed by atoms with Crippen LogP contribution in [0.3, 0.4) is 0 Å². The molecule has 0 aliphatic carbocycles. The number of amides is 1. The van der Waals surface area contributed by atoms with Crippen LogP contribution in [0.4, 0.5) is 5.69 Å². The Bertz CT molecular complexity index is 507. The molecule has 0 radical (unpaired) electrons. The molecule has 96 valence electrons. The van der Waals surface area contributed by atoms with Crippen molar-refractivity contribution >= 4 is 29.7 Å². The molecular formula is C13H14ClNO3. The van der Waals surface area contributed by atoms with Crippen molar-refractivity contribution in [2.75, 3.05) is 4.90 Å². The van der Waals surface area contributed by atoms with Crippen molar-refractivity contribution in [2.24, 2.45) is 0 Å². The zero-order chi connectivity index (χ0) is 13.5. The average Bonchev–Trinajstić information content (AvgIpc) is 2.80. The standard InChI is InChI=1S/C8H4ClNO.C5H10O2/c9-4-1-2-5-6(3-4)10-7(5)8(10)11;1-5(2,3)7-4-6/h1-3,7H;4H,1-3H3. The smallest absolute Gasteiger partial charge is 0.293 e. The van der Waals surface area contributed by atoms with Crippen LogP contribution < -0.4 is 4.90 Å². The molecule has 0 N–H and O–H groups in total. The van der Waals surface area contributed by atoms with Crippen LogP contribution in [0, 0.1) is 0 Å². The summed E-state index contributed by atoms with van der Waals surface area (Å²) in [6.45, 7) is 5.92. The highest BCUT2D eigenvalue weighted by Gasteiger charge is 2.58. The van der Waals surface area contributed by atoms with E-state index in [4.69, 9.17) is 11.6 Å². The van der Waals surface area contributed by atoms with E-state index in [0.717, 1.165) is 11.3 Å². The summed E-state index contributed by atoms with van der Waals surface area (Å²) >= 11 is 5.74. The van der Waals surface area contributed by atoms with Gasteiger partial charge in [-0.2, -0.15) is 0 Å². The lowest BCUT2D eigenvalue weighted by Gasteiger charge is -2.16. The maximum Gasteiger partial charge on any atom is 0.293 e. The maximum absolute atomic E-state index is 10.9. The molecule has 1 fully saturated rings. The highest BCUT2D eigenvalue weighted by atomic mass is 35.5. The predicted octanol–water partition coefficient (Wildman–Crippen LogP) is 2.70. The lowest BCUT2D eigenvalue weighted by Crippen LogP contribution is -2.17. The number of rotatable bonds is 1. The van der Waals surface area contributed by atoms with Crippen molar-refractivity contribution in [3.8, 4) is 0 Å². The van der Waals surface area contributed by atoms with Gasteiger partial charge in [0.2, 0.25) is 0 Å². The van der Waals surface area contributed by atoms with Gasteiger partial charge in [-0.1, -0.05) is 17.7 Å². The number of nitrogens with zero attached hydrogens (tertiary/aromatic N) is 1. The quantitative estimate of drug-likeness (QED) is 0.581. The first kappa shape index (κ1) is 12.9. The Morgan fingerprint density at radius 1 is 1.39 bits per heavy atom. The second kappa shape index (κ2) is 4.28. The first-order valence-electron chi connectivity index (χ1n) is 5.59. The summed E-state index contributed by atoms with van der Waals surface area (Å²) in [7, 11) is 0. The van der Waals surface area contributed by atoms with Crippen molar-refractivity contribution in [1.29, 1.82) is 0 Å². The Balaban J connectivity index is 0.000000152. The topological polar surface area (TPSA) is 46.4 Å². The van der Waals surface area contributed by atoms with E-state index in [0.29, 0.717) is 11.5 Å². The first-order valence-corrected chi connectivity index (χ1v) is 5.97. The van der Waals surface area contributed by atoms with Gasteiger partial charge in [-0.25, -0.2) is 0 Å². The SMILES string of the molecule is CC(C)(C)OC=O.O=C1C2c3ccc(Cl)cc3N12. The lowest BCUT2D eigenvalue weighted by molar-refractivity contribution is -0.138. The number of fused-ring (bicyclic) bond motifs is 4. The molecule has 1 unspecified atom stereocenters. The van der Waals surface area contributed by atoms with Crippen molar-refractivity contribution in [2.45, 2.75) is 32.4 Å². The first-order chi connectivity index (χ1) is 8.35. The van der Waals surface area contributed by atoms with E-state index < -0.39 is 0 Å². The molecule has 1 atom stereocenters. The molecule has 0 bridgehead atoms. The zero-order valence-corrected chi connectivity index (χ0v) is 11.2. The molecule has 1 saturated heterocycles. The lowest BCUT2D eigenvalue weighted by atomic mass is 10.1. The fourth-order valence-corrected chi connectivity index (χ4v) is 1.91. The Kier molecular flexibility index (Phi) is 3.07. The minimum absolute atomic E-state index is 0.0854. The fraction of sp³-hybridized carbons (Fsp3) is 0.385. The van der Waals surface area contributed by atoms with Gasteiger partial charge in [0.1, 0.15) is 11.6 Å². The number of hydrogen-bond donors (Lipinski definition) is 0. The van der Waals surface area contributed by atoms with Crippen LogP contribution in [0.2, 0.25) is 5.02 Å². The number of carbonyl (C=O) groups is 2. The van der Waals surface area contributed by atoms with Crippen LogP contribution in [0.25, 0.3) is 0 Å². The van der Waals surface area contributed by atoms with Crippen LogP contribution in [-0.4, -0.2) is 18.0 Å². The van der Waals surface area contributed by atoms with Gasteiger partial charge < -0.3 is 4.74 Å². The summed E-state index contributed by atoms with van der Waals surface area (Å²) in [6.07, 6.45) is 0. The number of benzene rings is 1. The van der Waals surface area contributed by atoms with Crippen LogP contribution in [0.1, 0.15) is 32.4 Å². The highest BCUT2D eigenvalue weighted by molar-refractivity contribution is 6.32. The number of ether oxygens (including phenoxy) is 1. The molecule has 1 amide bonds. The average molecular weight is 268 g/mol. The molecule has 1 aromatic rings. The van der Waals surface area contributed by atoms with Crippen molar-refractivity contribution < 1.29 is 14.3 Å². The summed E-state index contributed by atoms with van der Waals surface area (Å²) in [4.78, 5) is 22.3. The van der Waals surface area contributed by atoms with Crippen molar-refractivity contribution in [1.82, 2.24) is 0 Å². The van der Waals surface area contributed by atoms with Gasteiger partial charge in [-0.05, 0) is 32.9 Å². The molecule has 4 nitrogen and oxygen atoms in total. The summed E-state index contributed by atoms with van der Waals surface area (Å²) in [5.41, 5.74) is 1.80. The number of hydrogen-bond acceptors (Lipinski definition) is 3. The molecule has 3 rings (SSSR count). The van der Waals surface area contributed by atoms with Crippen molar-refractivity contribution in [3.63, 3.8) is 0 Å². The Labute approximate surface area is 110 Å². The Morgan fingerprint density at radius 3 is 2.56 bits per heavy atom. The van der Waals surface area contributed by atoms with Gasteiger partial charge in [0.25, 0.3) is 12.4 Å². The second-order valence-corrected chi connectivity index (χ2v) is 5.58. The van der Waals surface area contributed by atoms with E-state index in [2.05, 4.69) is 4.74 Å². The van der Waals surface area contributed by atoms with E-state index in [9.17, 15) is 9.59 Å². The highest BCUT2D eigenvalue weighted by Crippen LogP contribution is 2.55. The third-order valence-electron chi connectivity index (χ3n) is 2.61. The van der Waals surface area contributed by atoms with E-state index >= 15 is 0 Å². The Hall–Kier alpha value is -1.55. The molecule has 18 heavy (non-hydrogen) atoms. The van der Waals surface area contributed by atoms with Gasteiger partial charge in [0.05, 0.1) is 5.69 Å². The molecule has 2 aliphatic heterocycles. The molecular weight excluding hydrogens is 254 g/mol. The molecule has 0 saturated carbocycles. The van der Waals surface area contributed by atoms with Crippen LogP contribution in [-0.2, 0) is 14.3 Å². The predicted molar refractivity (Wildman–Crippen MR) is 68.6 cm³/mol. The third-order valence-corrected chi connectivity index (χ3v) is 2.85. The summed E-state index contributed by atoms with van der Waals surface area (Å²) < 4.78 is 4.55. The van der Waals surface area contributed by atoms with E-state index in [-0.39, 0.29) is 17.6 Å². The molecule has 1 aromatic carbocycles. The number of halogens is 1. The van der Waals surface area contributed by atoms with Gasteiger partial charge in [-0.15, -0.1) is 0 Å². The van der Waals surface area contributed by atoms with Crippen LogP contribution in [0.15, 0.2) is 18.2 Å². The fourth-order valence-electron chi connectivity index (χ4n) is 1.74. The Morgan fingerprint density at radius 2 is 2.06 bits per heavy atom. The molecule has 2 aliphatic rings. The number of anilines is 1. The van der Waals surface area contributed by atoms with Gasteiger partial charge in [0.15, 0.2) is 0 Å². The van der Waals surface area contributed by atoms with Crippen LogP contribution >= 0.6 is 11.6 Å². The summed E-state index contributed by atoms with van der Waals surface area (Å²) in [5.74, 6) is 0.210. The van der Waals surface area contributed by atoms with E-state index in [1.54, 1.807) is 4.90 Å².